The molecule has 0 aromatic carbocycles. The Morgan fingerprint density at radius 2 is 1.88 bits per heavy atom. The molecule has 0 radical (unpaired) electrons. The normalized spacial score (nSPS) is 45.6. The first kappa shape index (κ1) is 11.0. The summed E-state index contributed by atoms with van der Waals surface area (Å²) in [6.45, 7) is 3.29. The van der Waals surface area contributed by atoms with E-state index in [1.807, 2.05) is 0 Å². The Bertz CT molecular complexity index is 243. The van der Waals surface area contributed by atoms with Gasteiger partial charge in [0.1, 0.15) is 0 Å². The van der Waals surface area contributed by atoms with Crippen LogP contribution in [0.15, 0.2) is 0 Å². The van der Waals surface area contributed by atoms with Gasteiger partial charge >= 0.3 is 0 Å². The molecule has 1 saturated carbocycles. The minimum Gasteiger partial charge on any atom is -0.363 e. The quantitative estimate of drug-likeness (QED) is 0.625. The predicted molar refractivity (Wildman–Crippen MR) is 65.3 cm³/mol. The highest BCUT2D eigenvalue weighted by Crippen LogP contribution is 2.37. The third-order valence-electron chi connectivity index (χ3n) is 5.05. The van der Waals surface area contributed by atoms with E-state index >= 15 is 0 Å². The summed E-state index contributed by atoms with van der Waals surface area (Å²) in [6, 6.07) is 1.58. The lowest BCUT2D eigenvalue weighted by molar-refractivity contribution is -0.0600. The van der Waals surface area contributed by atoms with Crippen molar-refractivity contribution in [2.75, 3.05) is 6.73 Å². The molecule has 2 aliphatic heterocycles. The van der Waals surface area contributed by atoms with E-state index in [1.54, 1.807) is 0 Å². The standard InChI is InChI=1S/C14H25NO/c1-11-5-4-7-13-9-12-6-2-3-8-14(12)16-10-15(11)13/h11-14H,2-10H2,1H3/t11-,12+,13-,14-/m1/s1. The molecular weight excluding hydrogens is 198 g/mol. The zero-order valence-electron chi connectivity index (χ0n) is 10.5. The Kier molecular flexibility index (Phi) is 3.21. The van der Waals surface area contributed by atoms with Crippen molar-refractivity contribution < 1.29 is 4.74 Å². The number of nitrogens with zero attached hydrogens (tertiary/aromatic N) is 1. The molecule has 0 unspecified atom stereocenters. The fourth-order valence-corrected chi connectivity index (χ4v) is 4.02. The van der Waals surface area contributed by atoms with Crippen molar-refractivity contribution in [2.24, 2.45) is 5.92 Å². The van der Waals surface area contributed by atoms with Gasteiger partial charge in [0.2, 0.25) is 0 Å². The van der Waals surface area contributed by atoms with Gasteiger partial charge in [-0.15, -0.1) is 0 Å². The summed E-state index contributed by atoms with van der Waals surface area (Å²) in [6.07, 6.45) is 11.8. The molecule has 0 aromatic heterocycles. The van der Waals surface area contributed by atoms with E-state index in [4.69, 9.17) is 4.74 Å². The summed E-state index contributed by atoms with van der Waals surface area (Å²) < 4.78 is 6.17. The zero-order valence-corrected chi connectivity index (χ0v) is 10.5. The SMILES string of the molecule is C[C@@H]1CCC[C@@H]2C[C@@H]3CCCC[C@H]3OCN21. The average molecular weight is 223 g/mol. The molecule has 2 saturated heterocycles. The molecule has 4 atom stereocenters. The first-order valence-electron chi connectivity index (χ1n) is 7.22. The molecule has 3 fully saturated rings. The summed E-state index contributed by atoms with van der Waals surface area (Å²) in [5, 5.41) is 0. The topological polar surface area (TPSA) is 12.5 Å². The highest BCUT2D eigenvalue weighted by Gasteiger charge is 2.37. The molecule has 2 heterocycles. The lowest BCUT2D eigenvalue weighted by atomic mass is 9.80. The van der Waals surface area contributed by atoms with Crippen molar-refractivity contribution in [2.45, 2.75) is 76.5 Å². The number of rotatable bonds is 0. The number of hydrogen-bond donors (Lipinski definition) is 0. The predicted octanol–water partition coefficient (Wildman–Crippen LogP) is 3.17. The Hall–Kier alpha value is -0.0800. The Labute approximate surface area is 99.3 Å². The van der Waals surface area contributed by atoms with Gasteiger partial charge in [0, 0.05) is 12.1 Å². The van der Waals surface area contributed by atoms with Crippen LogP contribution in [0.4, 0.5) is 0 Å². The molecule has 3 aliphatic rings. The van der Waals surface area contributed by atoms with Gasteiger partial charge in [-0.3, -0.25) is 4.90 Å². The van der Waals surface area contributed by atoms with Crippen LogP contribution in [-0.2, 0) is 4.74 Å². The van der Waals surface area contributed by atoms with E-state index in [1.165, 1.54) is 51.4 Å². The van der Waals surface area contributed by atoms with Crippen LogP contribution >= 0.6 is 0 Å². The highest BCUT2D eigenvalue weighted by molar-refractivity contribution is 4.88. The second-order valence-electron chi connectivity index (χ2n) is 6.06. The molecule has 0 spiro atoms. The largest absolute Gasteiger partial charge is 0.363 e. The molecule has 1 aliphatic carbocycles. The molecule has 2 nitrogen and oxygen atoms in total. The van der Waals surface area contributed by atoms with Crippen molar-refractivity contribution >= 4 is 0 Å². The van der Waals surface area contributed by atoms with E-state index < -0.39 is 0 Å². The van der Waals surface area contributed by atoms with Crippen LogP contribution in [0.1, 0.15) is 58.3 Å². The molecule has 0 N–H and O–H groups in total. The van der Waals surface area contributed by atoms with Crippen molar-refractivity contribution in [1.82, 2.24) is 4.90 Å². The number of hydrogen-bond acceptors (Lipinski definition) is 2. The van der Waals surface area contributed by atoms with Crippen LogP contribution < -0.4 is 0 Å². The first-order valence-corrected chi connectivity index (χ1v) is 7.22. The second kappa shape index (κ2) is 4.66. The number of fused-ring (bicyclic) bond motifs is 2. The van der Waals surface area contributed by atoms with Gasteiger partial charge in [-0.2, -0.15) is 0 Å². The fraction of sp³-hybridized carbons (Fsp3) is 1.00. The molecule has 0 aromatic rings. The maximum atomic E-state index is 6.17. The Morgan fingerprint density at radius 1 is 1.00 bits per heavy atom. The number of piperidine rings is 1. The van der Waals surface area contributed by atoms with Crippen LogP contribution in [0.2, 0.25) is 0 Å². The Morgan fingerprint density at radius 3 is 2.81 bits per heavy atom. The molecule has 0 amide bonds. The fourth-order valence-electron chi connectivity index (χ4n) is 4.02. The van der Waals surface area contributed by atoms with Crippen LogP contribution in [0.25, 0.3) is 0 Å². The van der Waals surface area contributed by atoms with E-state index in [0.717, 1.165) is 24.7 Å². The molecule has 92 valence electrons. The van der Waals surface area contributed by atoms with Crippen LogP contribution in [0, 0.1) is 5.92 Å². The third-order valence-corrected chi connectivity index (χ3v) is 5.05. The third kappa shape index (κ3) is 2.02. The first-order chi connectivity index (χ1) is 7.84. The summed E-state index contributed by atoms with van der Waals surface area (Å²) in [7, 11) is 0. The maximum Gasteiger partial charge on any atom is 0.0998 e. The van der Waals surface area contributed by atoms with Gasteiger partial charge in [-0.1, -0.05) is 19.3 Å². The van der Waals surface area contributed by atoms with E-state index in [9.17, 15) is 0 Å². The van der Waals surface area contributed by atoms with Crippen molar-refractivity contribution in [3.8, 4) is 0 Å². The van der Waals surface area contributed by atoms with Gasteiger partial charge in [-0.05, 0) is 44.9 Å². The maximum absolute atomic E-state index is 6.17. The van der Waals surface area contributed by atoms with E-state index in [-0.39, 0.29) is 0 Å². The summed E-state index contributed by atoms with van der Waals surface area (Å²) in [5.41, 5.74) is 0. The lowest BCUT2D eigenvalue weighted by Crippen LogP contribution is -2.45. The Balaban J connectivity index is 1.72. The molecule has 2 heteroatoms. The van der Waals surface area contributed by atoms with Gasteiger partial charge in [0.15, 0.2) is 0 Å². The summed E-state index contributed by atoms with van der Waals surface area (Å²) in [4.78, 5) is 2.64. The smallest absolute Gasteiger partial charge is 0.0998 e. The molecule has 0 bridgehead atoms. The van der Waals surface area contributed by atoms with Gasteiger partial charge < -0.3 is 4.74 Å². The number of ether oxygens (including phenoxy) is 1. The van der Waals surface area contributed by atoms with E-state index in [2.05, 4.69) is 11.8 Å². The molecular formula is C14H25NO. The lowest BCUT2D eigenvalue weighted by Gasteiger charge is -2.39. The average Bonchev–Trinajstić information content (AvgIpc) is 2.48. The highest BCUT2D eigenvalue weighted by atomic mass is 16.5. The van der Waals surface area contributed by atoms with E-state index in [0.29, 0.717) is 6.10 Å². The van der Waals surface area contributed by atoms with Crippen molar-refractivity contribution in [1.29, 1.82) is 0 Å². The second-order valence-corrected chi connectivity index (χ2v) is 6.06. The van der Waals surface area contributed by atoms with Gasteiger partial charge in [0.05, 0.1) is 12.8 Å². The van der Waals surface area contributed by atoms with Crippen LogP contribution in [0.5, 0.6) is 0 Å². The molecule has 3 rings (SSSR count). The minimum atomic E-state index is 0.589. The summed E-state index contributed by atoms with van der Waals surface area (Å²) >= 11 is 0. The minimum absolute atomic E-state index is 0.589. The zero-order chi connectivity index (χ0) is 11.0. The van der Waals surface area contributed by atoms with Crippen LogP contribution in [0.3, 0.4) is 0 Å². The summed E-state index contributed by atoms with van der Waals surface area (Å²) in [5.74, 6) is 0.869. The monoisotopic (exact) mass is 223 g/mol. The van der Waals surface area contributed by atoms with Gasteiger partial charge in [-0.25, -0.2) is 0 Å². The van der Waals surface area contributed by atoms with Gasteiger partial charge in [0.25, 0.3) is 0 Å². The van der Waals surface area contributed by atoms with Crippen molar-refractivity contribution in [3.63, 3.8) is 0 Å². The van der Waals surface area contributed by atoms with Crippen molar-refractivity contribution in [3.05, 3.63) is 0 Å². The molecule has 16 heavy (non-hydrogen) atoms. The van der Waals surface area contributed by atoms with Crippen LogP contribution in [-0.4, -0.2) is 29.8 Å².